The van der Waals surface area contributed by atoms with E-state index in [9.17, 15) is 0 Å². The van der Waals surface area contributed by atoms with Crippen molar-refractivity contribution in [2.24, 2.45) is 0 Å². The van der Waals surface area contributed by atoms with Gasteiger partial charge >= 0.3 is 0 Å². The zero-order valence-electron chi connectivity index (χ0n) is 12.7. The molecule has 0 radical (unpaired) electrons. The summed E-state index contributed by atoms with van der Waals surface area (Å²) in [7, 11) is 0. The Labute approximate surface area is 135 Å². The van der Waals surface area contributed by atoms with Crippen LogP contribution >= 0.6 is 12.2 Å². The van der Waals surface area contributed by atoms with Crippen LogP contribution < -0.4 is 5.32 Å². The lowest BCUT2D eigenvalue weighted by molar-refractivity contribution is 0.0690. The first-order valence-corrected chi connectivity index (χ1v) is 7.84. The standard InChI is InChI=1S/C16H20N4OS/c1-13-4-2-3-5-14(13)11-20-12-15(10-17-20)18-16(22)19-6-8-21-9-7-19/h2-5,10,12H,6-9,11H2,1H3,(H,18,22). The predicted octanol–water partition coefficient (Wildman–Crippen LogP) is 2.27. The quantitative estimate of drug-likeness (QED) is 0.880. The maximum atomic E-state index is 5.44. The third-order valence-electron chi connectivity index (χ3n) is 3.78. The minimum Gasteiger partial charge on any atom is -0.378 e. The molecule has 22 heavy (non-hydrogen) atoms. The molecule has 1 aliphatic heterocycles. The summed E-state index contributed by atoms with van der Waals surface area (Å²) in [5.74, 6) is 0. The van der Waals surface area contributed by atoms with E-state index >= 15 is 0 Å². The second-order valence-corrected chi connectivity index (χ2v) is 5.77. The zero-order chi connectivity index (χ0) is 15.4. The summed E-state index contributed by atoms with van der Waals surface area (Å²) in [5.41, 5.74) is 3.47. The molecule has 1 aromatic carbocycles. The number of thiocarbonyl (C=S) groups is 1. The van der Waals surface area contributed by atoms with Gasteiger partial charge in [0.2, 0.25) is 0 Å². The van der Waals surface area contributed by atoms with Crippen molar-refractivity contribution in [1.29, 1.82) is 0 Å². The lowest BCUT2D eigenvalue weighted by Gasteiger charge is -2.29. The van der Waals surface area contributed by atoms with Crippen LogP contribution in [0.2, 0.25) is 0 Å². The Hall–Kier alpha value is -1.92. The van der Waals surface area contributed by atoms with Crippen LogP contribution in [0, 0.1) is 6.92 Å². The van der Waals surface area contributed by atoms with Crippen LogP contribution in [-0.2, 0) is 11.3 Å². The van der Waals surface area contributed by atoms with Gasteiger partial charge in [0.1, 0.15) is 0 Å². The summed E-state index contributed by atoms with van der Waals surface area (Å²) in [6, 6.07) is 8.35. The van der Waals surface area contributed by atoms with Crippen molar-refractivity contribution in [2.75, 3.05) is 31.6 Å². The molecule has 0 amide bonds. The first kappa shape index (κ1) is 15.0. The summed E-state index contributed by atoms with van der Waals surface area (Å²) < 4.78 is 7.26. The highest BCUT2D eigenvalue weighted by atomic mass is 32.1. The van der Waals surface area contributed by atoms with Gasteiger partial charge in [-0.25, -0.2) is 0 Å². The molecule has 0 saturated carbocycles. The monoisotopic (exact) mass is 316 g/mol. The van der Waals surface area contributed by atoms with Crippen LogP contribution in [0.4, 0.5) is 5.69 Å². The second-order valence-electron chi connectivity index (χ2n) is 5.38. The van der Waals surface area contributed by atoms with Crippen molar-refractivity contribution in [3.8, 4) is 0 Å². The summed E-state index contributed by atoms with van der Waals surface area (Å²) in [4.78, 5) is 2.12. The van der Waals surface area contributed by atoms with Crippen LogP contribution in [0.3, 0.4) is 0 Å². The molecule has 1 N–H and O–H groups in total. The van der Waals surface area contributed by atoms with Gasteiger partial charge in [0.05, 0.1) is 31.6 Å². The molecule has 6 heteroatoms. The fourth-order valence-corrected chi connectivity index (χ4v) is 2.75. The maximum Gasteiger partial charge on any atom is 0.173 e. The van der Waals surface area contributed by atoms with Crippen molar-refractivity contribution in [2.45, 2.75) is 13.5 Å². The number of morpholine rings is 1. The summed E-state index contributed by atoms with van der Waals surface area (Å²) in [6.07, 6.45) is 3.80. The molecule has 2 aromatic rings. The van der Waals surface area contributed by atoms with Gasteiger partial charge in [0.25, 0.3) is 0 Å². The van der Waals surface area contributed by atoms with E-state index < -0.39 is 0 Å². The molecule has 3 rings (SSSR count). The Morgan fingerprint density at radius 1 is 1.32 bits per heavy atom. The molecule has 0 aliphatic carbocycles. The molecule has 0 unspecified atom stereocenters. The van der Waals surface area contributed by atoms with E-state index in [0.29, 0.717) is 0 Å². The number of benzene rings is 1. The molecule has 116 valence electrons. The number of nitrogens with one attached hydrogen (secondary N) is 1. The van der Waals surface area contributed by atoms with Gasteiger partial charge in [-0.05, 0) is 30.3 Å². The van der Waals surface area contributed by atoms with Gasteiger partial charge in [0.15, 0.2) is 5.11 Å². The van der Waals surface area contributed by atoms with Crippen LogP contribution in [0.15, 0.2) is 36.7 Å². The van der Waals surface area contributed by atoms with Crippen molar-refractivity contribution in [3.05, 3.63) is 47.8 Å². The molecule has 1 fully saturated rings. The zero-order valence-corrected chi connectivity index (χ0v) is 13.5. The Kier molecular flexibility index (Phi) is 4.70. The minimum atomic E-state index is 0.731. The molecule has 0 bridgehead atoms. The molecule has 0 spiro atoms. The average molecular weight is 316 g/mol. The topological polar surface area (TPSA) is 42.3 Å². The fourth-order valence-electron chi connectivity index (χ4n) is 2.45. The van der Waals surface area contributed by atoms with E-state index in [1.807, 2.05) is 17.1 Å². The van der Waals surface area contributed by atoms with E-state index in [-0.39, 0.29) is 0 Å². The third kappa shape index (κ3) is 3.64. The molecule has 0 atom stereocenters. The van der Waals surface area contributed by atoms with Crippen molar-refractivity contribution in [1.82, 2.24) is 14.7 Å². The first-order chi connectivity index (χ1) is 10.7. The van der Waals surface area contributed by atoms with E-state index in [1.54, 1.807) is 0 Å². The number of ether oxygens (including phenoxy) is 1. The van der Waals surface area contributed by atoms with Crippen molar-refractivity contribution in [3.63, 3.8) is 0 Å². The number of hydrogen-bond donors (Lipinski definition) is 1. The summed E-state index contributed by atoms with van der Waals surface area (Å²) in [5, 5.41) is 8.39. The summed E-state index contributed by atoms with van der Waals surface area (Å²) >= 11 is 5.44. The van der Waals surface area contributed by atoms with Crippen molar-refractivity contribution >= 4 is 23.0 Å². The van der Waals surface area contributed by atoms with Gasteiger partial charge in [-0.2, -0.15) is 5.10 Å². The highest BCUT2D eigenvalue weighted by Crippen LogP contribution is 2.12. The van der Waals surface area contributed by atoms with Gasteiger partial charge in [-0.15, -0.1) is 0 Å². The molecule has 5 nitrogen and oxygen atoms in total. The van der Waals surface area contributed by atoms with Gasteiger partial charge in [-0.1, -0.05) is 24.3 Å². The molecular formula is C16H20N4OS. The predicted molar refractivity (Wildman–Crippen MR) is 91.1 cm³/mol. The summed E-state index contributed by atoms with van der Waals surface area (Å²) in [6.45, 7) is 6.01. The van der Waals surface area contributed by atoms with Gasteiger partial charge < -0.3 is 15.0 Å². The Morgan fingerprint density at radius 3 is 2.86 bits per heavy atom. The van der Waals surface area contributed by atoms with Gasteiger partial charge in [0, 0.05) is 19.3 Å². The normalized spacial score (nSPS) is 14.9. The number of aromatic nitrogens is 2. The number of aryl methyl sites for hydroxylation is 1. The molecular weight excluding hydrogens is 296 g/mol. The number of nitrogens with zero attached hydrogens (tertiary/aromatic N) is 3. The number of anilines is 1. The highest BCUT2D eigenvalue weighted by molar-refractivity contribution is 7.80. The second kappa shape index (κ2) is 6.89. The maximum absolute atomic E-state index is 5.44. The highest BCUT2D eigenvalue weighted by Gasteiger charge is 2.14. The smallest absolute Gasteiger partial charge is 0.173 e. The minimum absolute atomic E-state index is 0.731. The van der Waals surface area contributed by atoms with E-state index in [0.717, 1.165) is 43.6 Å². The largest absolute Gasteiger partial charge is 0.378 e. The van der Waals surface area contributed by atoms with Crippen LogP contribution in [-0.4, -0.2) is 46.1 Å². The Morgan fingerprint density at radius 2 is 2.09 bits per heavy atom. The number of hydrogen-bond acceptors (Lipinski definition) is 3. The molecule has 1 saturated heterocycles. The number of rotatable bonds is 3. The molecule has 2 heterocycles. The lowest BCUT2D eigenvalue weighted by Crippen LogP contribution is -2.42. The lowest BCUT2D eigenvalue weighted by atomic mass is 10.1. The van der Waals surface area contributed by atoms with E-state index in [4.69, 9.17) is 17.0 Å². The third-order valence-corrected chi connectivity index (χ3v) is 4.14. The molecule has 1 aliphatic rings. The first-order valence-electron chi connectivity index (χ1n) is 7.43. The van der Waals surface area contributed by atoms with E-state index in [2.05, 4.69) is 46.5 Å². The SMILES string of the molecule is Cc1ccccc1Cn1cc(NC(=S)N2CCOCC2)cn1. The van der Waals surface area contributed by atoms with Crippen LogP contribution in [0.5, 0.6) is 0 Å². The van der Waals surface area contributed by atoms with Crippen molar-refractivity contribution < 1.29 is 4.74 Å². The Bertz CT molecular complexity index is 649. The van der Waals surface area contributed by atoms with Crippen LogP contribution in [0.1, 0.15) is 11.1 Å². The van der Waals surface area contributed by atoms with Gasteiger partial charge in [-0.3, -0.25) is 4.68 Å². The average Bonchev–Trinajstić information content (AvgIpc) is 2.97. The molecule has 1 aromatic heterocycles. The van der Waals surface area contributed by atoms with E-state index in [1.165, 1.54) is 11.1 Å². The fraction of sp³-hybridized carbons (Fsp3) is 0.375. The van der Waals surface area contributed by atoms with Crippen LogP contribution in [0.25, 0.3) is 0 Å². The Balaban J connectivity index is 1.61.